The zero-order valence-corrected chi connectivity index (χ0v) is 33.6. The Bertz CT molecular complexity index is 3320. The Kier molecular flexibility index (Phi) is 9.26. The monoisotopic (exact) mass is 775 g/mol. The van der Waals surface area contributed by atoms with Crippen molar-refractivity contribution in [3.63, 3.8) is 0 Å². The van der Waals surface area contributed by atoms with E-state index in [0.717, 1.165) is 17.1 Å². The molecule has 11 aromatic carbocycles. The topological polar surface area (TPSA) is 3.24 Å². The molecule has 11 aromatic rings. The molecular weight excluding hydrogens is 735 g/mol. The standard InChI is InChI=1S/C60H41N/c1-6-23-43(24-7-1)56-53-38-21-37-52(60(53)59(46-29-12-4-13-30-46)58(45-27-10-3-11-28-45)57(56)44-25-8-2-9-26-44)50-40-41-55(51-36-19-18-35-49(50)51)61(47-32-14-5-15-33-47)54-39-20-31-42-22-16-17-34-48(42)54/h1-41H. The fourth-order valence-corrected chi connectivity index (χ4v) is 9.45. The molecule has 286 valence electrons. The Balaban J connectivity index is 1.28. The van der Waals surface area contributed by atoms with Gasteiger partial charge in [0.15, 0.2) is 0 Å². The van der Waals surface area contributed by atoms with Crippen molar-refractivity contribution in [1.82, 2.24) is 0 Å². The second-order valence-electron chi connectivity index (χ2n) is 15.5. The van der Waals surface area contributed by atoms with Crippen molar-refractivity contribution in [2.75, 3.05) is 4.90 Å². The maximum Gasteiger partial charge on any atom is 0.0540 e. The van der Waals surface area contributed by atoms with Crippen LogP contribution in [0.15, 0.2) is 249 Å². The quantitative estimate of drug-likeness (QED) is 0.149. The maximum atomic E-state index is 2.43. The highest BCUT2D eigenvalue weighted by Crippen LogP contribution is 2.54. The third kappa shape index (κ3) is 6.36. The molecule has 0 aliphatic carbocycles. The number of rotatable bonds is 8. The molecule has 0 radical (unpaired) electrons. The molecule has 1 nitrogen and oxygen atoms in total. The summed E-state index contributed by atoms with van der Waals surface area (Å²) >= 11 is 0. The molecule has 0 bridgehead atoms. The molecule has 0 N–H and O–H groups in total. The second-order valence-corrected chi connectivity index (χ2v) is 15.5. The average molecular weight is 776 g/mol. The number of benzene rings is 11. The highest BCUT2D eigenvalue weighted by Gasteiger charge is 2.27. The molecule has 0 amide bonds. The predicted octanol–water partition coefficient (Wildman–Crippen LogP) is 17.0. The molecule has 0 fully saturated rings. The van der Waals surface area contributed by atoms with Gasteiger partial charge in [-0.2, -0.15) is 0 Å². The van der Waals surface area contributed by atoms with E-state index < -0.39 is 0 Å². The lowest BCUT2D eigenvalue weighted by molar-refractivity contribution is 1.31. The third-order valence-electron chi connectivity index (χ3n) is 12.0. The average Bonchev–Trinajstić information content (AvgIpc) is 3.34. The third-order valence-corrected chi connectivity index (χ3v) is 12.0. The van der Waals surface area contributed by atoms with E-state index in [1.807, 2.05) is 0 Å². The molecule has 0 aliphatic rings. The molecule has 0 unspecified atom stereocenters. The SMILES string of the molecule is c1ccc(-c2c(-c3ccccc3)c(-c3ccccc3)c3c(-c4ccc(N(c5ccccc5)c5cccc6ccccc56)c5ccccc45)cccc3c2-c2ccccc2)cc1. The van der Waals surface area contributed by atoms with Crippen molar-refractivity contribution in [3.05, 3.63) is 249 Å². The van der Waals surface area contributed by atoms with Crippen molar-refractivity contribution >= 4 is 49.4 Å². The Morgan fingerprint density at radius 2 is 0.656 bits per heavy atom. The van der Waals surface area contributed by atoms with Gasteiger partial charge >= 0.3 is 0 Å². The molecular formula is C60H41N. The highest BCUT2D eigenvalue weighted by molar-refractivity contribution is 6.23. The number of hydrogen-bond acceptors (Lipinski definition) is 1. The van der Waals surface area contributed by atoms with Crippen LogP contribution in [0.2, 0.25) is 0 Å². The van der Waals surface area contributed by atoms with Crippen LogP contribution in [0, 0.1) is 0 Å². The van der Waals surface area contributed by atoms with Crippen LogP contribution < -0.4 is 4.90 Å². The minimum atomic E-state index is 1.11. The van der Waals surface area contributed by atoms with Crippen molar-refractivity contribution in [2.24, 2.45) is 0 Å². The van der Waals surface area contributed by atoms with Crippen LogP contribution in [0.5, 0.6) is 0 Å². The van der Waals surface area contributed by atoms with Crippen LogP contribution in [-0.4, -0.2) is 0 Å². The van der Waals surface area contributed by atoms with Gasteiger partial charge in [-0.3, -0.25) is 0 Å². The van der Waals surface area contributed by atoms with Gasteiger partial charge in [-0.25, -0.2) is 0 Å². The molecule has 61 heavy (non-hydrogen) atoms. The molecule has 0 atom stereocenters. The van der Waals surface area contributed by atoms with E-state index in [0.29, 0.717) is 0 Å². The normalized spacial score (nSPS) is 11.3. The first-order chi connectivity index (χ1) is 30.3. The van der Waals surface area contributed by atoms with E-state index in [4.69, 9.17) is 0 Å². The number of anilines is 3. The summed E-state index contributed by atoms with van der Waals surface area (Å²) < 4.78 is 0. The van der Waals surface area contributed by atoms with Gasteiger partial charge in [0.05, 0.1) is 11.4 Å². The van der Waals surface area contributed by atoms with Gasteiger partial charge in [-0.1, -0.05) is 224 Å². The number of para-hydroxylation sites is 1. The van der Waals surface area contributed by atoms with Crippen LogP contribution >= 0.6 is 0 Å². The summed E-state index contributed by atoms with van der Waals surface area (Å²) in [6.45, 7) is 0. The Morgan fingerprint density at radius 1 is 0.230 bits per heavy atom. The van der Waals surface area contributed by atoms with Gasteiger partial charge in [0, 0.05) is 16.5 Å². The first-order valence-electron chi connectivity index (χ1n) is 21.0. The number of nitrogens with zero attached hydrogens (tertiary/aromatic N) is 1. The van der Waals surface area contributed by atoms with Crippen LogP contribution in [0.4, 0.5) is 17.1 Å². The summed E-state index contributed by atoms with van der Waals surface area (Å²) in [7, 11) is 0. The van der Waals surface area contributed by atoms with Crippen LogP contribution in [0.3, 0.4) is 0 Å². The van der Waals surface area contributed by atoms with Gasteiger partial charge in [-0.15, -0.1) is 0 Å². The summed E-state index contributed by atoms with van der Waals surface area (Å²) in [6.07, 6.45) is 0. The Labute approximate surface area is 357 Å². The minimum Gasteiger partial charge on any atom is -0.309 e. The lowest BCUT2D eigenvalue weighted by Gasteiger charge is -2.29. The molecule has 0 heterocycles. The van der Waals surface area contributed by atoms with Gasteiger partial charge < -0.3 is 4.90 Å². The van der Waals surface area contributed by atoms with Crippen molar-refractivity contribution in [3.8, 4) is 55.6 Å². The molecule has 0 spiro atoms. The fourth-order valence-electron chi connectivity index (χ4n) is 9.45. The van der Waals surface area contributed by atoms with Crippen molar-refractivity contribution in [2.45, 2.75) is 0 Å². The predicted molar refractivity (Wildman–Crippen MR) is 261 cm³/mol. The molecule has 11 rings (SSSR count). The largest absolute Gasteiger partial charge is 0.309 e. The summed E-state index contributed by atoms with van der Waals surface area (Å²) in [5, 5.41) is 7.25. The van der Waals surface area contributed by atoms with Gasteiger partial charge in [0.1, 0.15) is 0 Å². The highest BCUT2D eigenvalue weighted by atomic mass is 15.1. The first kappa shape index (κ1) is 36.1. The van der Waals surface area contributed by atoms with Crippen LogP contribution in [0.25, 0.3) is 88.0 Å². The molecule has 0 aliphatic heterocycles. The fraction of sp³-hybridized carbons (Fsp3) is 0. The lowest BCUT2D eigenvalue weighted by Crippen LogP contribution is -2.11. The summed E-state index contributed by atoms with van der Waals surface area (Å²) in [4.78, 5) is 2.43. The number of fused-ring (bicyclic) bond motifs is 3. The second kappa shape index (κ2) is 15.6. The number of hydrogen-bond donors (Lipinski definition) is 0. The van der Waals surface area contributed by atoms with E-state index in [9.17, 15) is 0 Å². The van der Waals surface area contributed by atoms with Gasteiger partial charge in [-0.05, 0) is 101 Å². The Hall–Kier alpha value is -8.00. The minimum absolute atomic E-state index is 1.11. The van der Waals surface area contributed by atoms with Gasteiger partial charge in [0.2, 0.25) is 0 Å². The lowest BCUT2D eigenvalue weighted by atomic mass is 9.77. The first-order valence-corrected chi connectivity index (χ1v) is 21.0. The van der Waals surface area contributed by atoms with E-state index in [1.165, 1.54) is 88.0 Å². The molecule has 1 heteroatoms. The van der Waals surface area contributed by atoms with Crippen molar-refractivity contribution in [1.29, 1.82) is 0 Å². The zero-order valence-electron chi connectivity index (χ0n) is 33.6. The van der Waals surface area contributed by atoms with Gasteiger partial charge in [0.25, 0.3) is 0 Å². The molecule has 0 saturated carbocycles. The van der Waals surface area contributed by atoms with Crippen LogP contribution in [-0.2, 0) is 0 Å². The molecule has 0 aromatic heterocycles. The van der Waals surface area contributed by atoms with E-state index >= 15 is 0 Å². The Morgan fingerprint density at radius 3 is 1.28 bits per heavy atom. The van der Waals surface area contributed by atoms with E-state index in [1.54, 1.807) is 0 Å². The van der Waals surface area contributed by atoms with Crippen LogP contribution in [0.1, 0.15) is 0 Å². The molecule has 0 saturated heterocycles. The summed E-state index contributed by atoms with van der Waals surface area (Å²) in [5.41, 5.74) is 15.4. The van der Waals surface area contributed by atoms with E-state index in [2.05, 4.69) is 254 Å². The summed E-state index contributed by atoms with van der Waals surface area (Å²) in [6, 6.07) is 90.5. The smallest absolute Gasteiger partial charge is 0.0540 e. The zero-order chi connectivity index (χ0) is 40.5. The van der Waals surface area contributed by atoms with E-state index in [-0.39, 0.29) is 0 Å². The maximum absolute atomic E-state index is 2.43. The van der Waals surface area contributed by atoms with Crippen molar-refractivity contribution < 1.29 is 0 Å². The summed E-state index contributed by atoms with van der Waals surface area (Å²) in [5.74, 6) is 0.